The fourth-order valence-corrected chi connectivity index (χ4v) is 7.54. The van der Waals surface area contributed by atoms with Crippen LogP contribution >= 0.6 is 11.6 Å². The molecule has 2 nitrogen and oxygen atoms in total. The van der Waals surface area contributed by atoms with Crippen molar-refractivity contribution in [1.82, 2.24) is 0 Å². The van der Waals surface area contributed by atoms with Gasteiger partial charge in [-0.05, 0) is 86.9 Å². The number of alkyl halides is 1. The van der Waals surface area contributed by atoms with Crippen molar-refractivity contribution >= 4 is 11.6 Å². The van der Waals surface area contributed by atoms with Crippen molar-refractivity contribution in [1.29, 1.82) is 0 Å². The van der Waals surface area contributed by atoms with Crippen molar-refractivity contribution in [3.8, 4) is 0 Å². The van der Waals surface area contributed by atoms with E-state index in [4.69, 9.17) is 11.6 Å². The second-order valence-corrected chi connectivity index (χ2v) is 9.96. The Morgan fingerprint density at radius 2 is 1.64 bits per heavy atom. The molecule has 0 aliphatic heterocycles. The van der Waals surface area contributed by atoms with E-state index >= 15 is 0 Å². The van der Waals surface area contributed by atoms with Crippen LogP contribution in [0.15, 0.2) is 0 Å². The van der Waals surface area contributed by atoms with Crippen molar-refractivity contribution in [3.05, 3.63) is 0 Å². The van der Waals surface area contributed by atoms with Gasteiger partial charge in [0.15, 0.2) is 0 Å². The van der Waals surface area contributed by atoms with Gasteiger partial charge in [0.05, 0.1) is 6.10 Å². The van der Waals surface area contributed by atoms with E-state index in [1.54, 1.807) is 0 Å². The van der Waals surface area contributed by atoms with E-state index in [0.717, 1.165) is 43.9 Å². The summed E-state index contributed by atoms with van der Waals surface area (Å²) >= 11 is 6.53. The molecule has 0 radical (unpaired) electrons. The second-order valence-electron chi connectivity index (χ2n) is 9.34. The smallest absolute Gasteiger partial charge is 0.144 e. The molecule has 2 N–H and O–H groups in total. The second kappa shape index (κ2) is 4.86. The van der Waals surface area contributed by atoms with Gasteiger partial charge in [-0.1, -0.05) is 25.4 Å². The Labute approximate surface area is 139 Å². The SMILES string of the molecule is C[C@]12CCC(O)CC1CC[C@@H]1[C@H]2CC[C@@]2(C)[C@H]1CCC2(O)Cl. The number of aliphatic hydroxyl groups is 2. The van der Waals surface area contributed by atoms with Gasteiger partial charge in [-0.25, -0.2) is 0 Å². The Morgan fingerprint density at radius 1 is 0.909 bits per heavy atom. The summed E-state index contributed by atoms with van der Waals surface area (Å²) in [7, 11) is 0. The van der Waals surface area contributed by atoms with Crippen LogP contribution in [-0.2, 0) is 0 Å². The number of hydrogen-bond donors (Lipinski definition) is 2. The Balaban J connectivity index is 1.64. The van der Waals surface area contributed by atoms with Gasteiger partial charge in [0, 0.05) is 5.41 Å². The Kier molecular flexibility index (Phi) is 3.47. The quantitative estimate of drug-likeness (QED) is 0.651. The van der Waals surface area contributed by atoms with Crippen LogP contribution in [0.25, 0.3) is 0 Å². The summed E-state index contributed by atoms with van der Waals surface area (Å²) in [5, 5.41) is 19.8. The number of fused-ring (bicyclic) bond motifs is 5. The minimum Gasteiger partial charge on any atom is -0.393 e. The van der Waals surface area contributed by atoms with Gasteiger partial charge in [-0.15, -0.1) is 0 Å². The van der Waals surface area contributed by atoms with E-state index in [1.807, 2.05) is 0 Å². The molecule has 126 valence electrons. The maximum Gasteiger partial charge on any atom is 0.144 e. The molecule has 4 aliphatic rings. The van der Waals surface area contributed by atoms with Crippen molar-refractivity contribution in [2.24, 2.45) is 34.5 Å². The zero-order valence-electron chi connectivity index (χ0n) is 14.0. The minimum atomic E-state index is -0.983. The van der Waals surface area contributed by atoms with E-state index in [9.17, 15) is 10.2 Å². The number of aliphatic hydroxyl groups excluding tert-OH is 1. The topological polar surface area (TPSA) is 40.5 Å². The third kappa shape index (κ3) is 1.93. The molecule has 3 heteroatoms. The van der Waals surface area contributed by atoms with Crippen LogP contribution < -0.4 is 0 Å². The molecule has 0 amide bonds. The van der Waals surface area contributed by atoms with Crippen molar-refractivity contribution in [2.75, 3.05) is 0 Å². The first-order chi connectivity index (χ1) is 10.3. The van der Waals surface area contributed by atoms with Crippen LogP contribution in [0.4, 0.5) is 0 Å². The average molecular weight is 327 g/mol. The molecule has 4 saturated carbocycles. The molecule has 0 aromatic heterocycles. The summed E-state index contributed by atoms with van der Waals surface area (Å²) < 4.78 is 0. The van der Waals surface area contributed by atoms with Crippen LogP contribution in [0.3, 0.4) is 0 Å². The molecule has 0 aromatic carbocycles. The number of halogens is 1. The Hall–Kier alpha value is 0.210. The van der Waals surface area contributed by atoms with Gasteiger partial charge < -0.3 is 10.2 Å². The van der Waals surface area contributed by atoms with Crippen LogP contribution in [0.2, 0.25) is 0 Å². The van der Waals surface area contributed by atoms with Gasteiger partial charge in [0.2, 0.25) is 0 Å². The van der Waals surface area contributed by atoms with Crippen LogP contribution in [0, 0.1) is 34.5 Å². The summed E-state index contributed by atoms with van der Waals surface area (Å²) in [4.78, 5) is 0. The predicted octanol–water partition coefficient (Wildman–Crippen LogP) is 4.32. The first-order valence-electron chi connectivity index (χ1n) is 9.37. The molecule has 22 heavy (non-hydrogen) atoms. The fraction of sp³-hybridized carbons (Fsp3) is 1.00. The van der Waals surface area contributed by atoms with Gasteiger partial charge >= 0.3 is 0 Å². The maximum atomic E-state index is 10.7. The summed E-state index contributed by atoms with van der Waals surface area (Å²) in [6.45, 7) is 4.75. The number of rotatable bonds is 0. The Morgan fingerprint density at radius 3 is 2.41 bits per heavy atom. The monoisotopic (exact) mass is 326 g/mol. The standard InChI is InChI=1S/C19H31ClO2/c1-17-8-5-13(21)11-12(17)3-4-14-15(17)6-9-18(2)16(14)7-10-19(18,20)22/h12-16,21-22H,3-11H2,1-2H3/t12?,13?,14-,15-,16+,17+,18+,19?/m1/s1. The van der Waals surface area contributed by atoms with Crippen LogP contribution in [-0.4, -0.2) is 21.4 Å². The first kappa shape index (κ1) is 15.7. The zero-order valence-corrected chi connectivity index (χ0v) is 14.8. The van der Waals surface area contributed by atoms with Gasteiger partial charge in [0.25, 0.3) is 0 Å². The lowest BCUT2D eigenvalue weighted by atomic mass is 9.45. The van der Waals surface area contributed by atoms with E-state index in [2.05, 4.69) is 13.8 Å². The molecule has 4 fully saturated rings. The molecule has 0 saturated heterocycles. The predicted molar refractivity (Wildman–Crippen MR) is 88.5 cm³/mol. The normalized spacial score (nSPS) is 61.2. The van der Waals surface area contributed by atoms with Crippen LogP contribution in [0.1, 0.15) is 71.6 Å². The first-order valence-corrected chi connectivity index (χ1v) is 9.75. The third-order valence-corrected chi connectivity index (χ3v) is 9.31. The molecular weight excluding hydrogens is 296 g/mol. The van der Waals surface area contributed by atoms with Crippen LogP contribution in [0.5, 0.6) is 0 Å². The lowest BCUT2D eigenvalue weighted by molar-refractivity contribution is -0.140. The lowest BCUT2D eigenvalue weighted by Gasteiger charge is -2.61. The number of hydrogen-bond acceptors (Lipinski definition) is 2. The summed E-state index contributed by atoms with van der Waals surface area (Å²) in [5.41, 5.74) is 0.323. The van der Waals surface area contributed by atoms with E-state index < -0.39 is 5.06 Å². The molecular formula is C19H31ClO2. The largest absolute Gasteiger partial charge is 0.393 e. The molecule has 4 rings (SSSR count). The summed E-state index contributed by atoms with van der Waals surface area (Å²) in [5.74, 6) is 2.82. The molecule has 0 aromatic rings. The van der Waals surface area contributed by atoms with Crippen molar-refractivity contribution < 1.29 is 10.2 Å². The third-order valence-electron chi connectivity index (χ3n) is 8.69. The summed E-state index contributed by atoms with van der Waals surface area (Å²) in [6, 6.07) is 0. The van der Waals surface area contributed by atoms with Gasteiger partial charge in [0.1, 0.15) is 5.06 Å². The fourth-order valence-electron chi connectivity index (χ4n) is 7.20. The highest BCUT2D eigenvalue weighted by atomic mass is 35.5. The highest BCUT2D eigenvalue weighted by Crippen LogP contribution is 2.68. The molecule has 8 atom stereocenters. The van der Waals surface area contributed by atoms with E-state index in [1.165, 1.54) is 25.7 Å². The summed E-state index contributed by atoms with van der Waals surface area (Å²) in [6.07, 6.45) is 9.82. The molecule has 3 unspecified atom stereocenters. The maximum absolute atomic E-state index is 10.7. The highest BCUT2D eigenvalue weighted by molar-refractivity contribution is 6.23. The molecule has 0 bridgehead atoms. The minimum absolute atomic E-state index is 0.0668. The lowest BCUT2D eigenvalue weighted by Crippen LogP contribution is -2.55. The molecule has 0 spiro atoms. The van der Waals surface area contributed by atoms with Crippen molar-refractivity contribution in [3.63, 3.8) is 0 Å². The molecule has 4 aliphatic carbocycles. The van der Waals surface area contributed by atoms with Crippen molar-refractivity contribution in [2.45, 2.75) is 82.8 Å². The van der Waals surface area contributed by atoms with Gasteiger partial charge in [-0.3, -0.25) is 0 Å². The van der Waals surface area contributed by atoms with E-state index in [-0.39, 0.29) is 11.5 Å². The highest BCUT2D eigenvalue weighted by Gasteiger charge is 2.64. The Bertz CT molecular complexity index is 464. The van der Waals surface area contributed by atoms with E-state index in [0.29, 0.717) is 17.3 Å². The molecule has 0 heterocycles. The average Bonchev–Trinajstić information content (AvgIpc) is 2.70. The van der Waals surface area contributed by atoms with Gasteiger partial charge in [-0.2, -0.15) is 0 Å². The zero-order chi connectivity index (χ0) is 15.8.